The minimum absolute atomic E-state index is 0.262. The maximum absolute atomic E-state index is 12.8. The van der Waals surface area contributed by atoms with Gasteiger partial charge in [0.25, 0.3) is 5.91 Å². The van der Waals surface area contributed by atoms with Crippen LogP contribution in [-0.2, 0) is 5.41 Å². The van der Waals surface area contributed by atoms with Crippen molar-refractivity contribution in [3.8, 4) is 6.07 Å². The van der Waals surface area contributed by atoms with E-state index in [9.17, 15) is 10.1 Å². The normalized spacial score (nSPS) is 11.0. The number of nitrogens with one attached hydrogen (secondary N) is 3. The Balaban J connectivity index is 1.56. The first-order valence-electron chi connectivity index (χ1n) is 10.2. The number of anilines is 4. The molecule has 0 bridgehead atoms. The summed E-state index contributed by atoms with van der Waals surface area (Å²) >= 11 is 0. The van der Waals surface area contributed by atoms with Crippen LogP contribution < -0.4 is 16.0 Å². The molecule has 2 aromatic heterocycles. The third kappa shape index (κ3) is 4.55. The minimum Gasteiger partial charge on any atom is -0.371 e. The van der Waals surface area contributed by atoms with E-state index in [2.05, 4.69) is 42.0 Å². The van der Waals surface area contributed by atoms with Crippen molar-refractivity contribution < 1.29 is 4.79 Å². The van der Waals surface area contributed by atoms with Gasteiger partial charge in [-0.1, -0.05) is 18.2 Å². The Kier molecular flexibility index (Phi) is 5.83. The summed E-state index contributed by atoms with van der Waals surface area (Å²) in [5.74, 6) is 0.865. The van der Waals surface area contributed by atoms with E-state index in [4.69, 9.17) is 0 Å². The minimum atomic E-state index is -0.683. The number of aromatic nitrogens is 4. The molecule has 0 spiro atoms. The second kappa shape index (κ2) is 8.88. The van der Waals surface area contributed by atoms with Gasteiger partial charge in [0, 0.05) is 24.0 Å². The summed E-state index contributed by atoms with van der Waals surface area (Å²) in [6, 6.07) is 16.6. The summed E-state index contributed by atoms with van der Waals surface area (Å²) in [7, 11) is 1.76. The molecule has 0 aliphatic heterocycles. The molecule has 0 radical (unpaired) electrons. The van der Waals surface area contributed by atoms with E-state index >= 15 is 0 Å². The van der Waals surface area contributed by atoms with Gasteiger partial charge in [0.05, 0.1) is 11.5 Å². The Morgan fingerprint density at radius 2 is 1.58 bits per heavy atom. The van der Waals surface area contributed by atoms with Gasteiger partial charge in [-0.2, -0.15) is 5.26 Å². The Labute approximate surface area is 190 Å². The number of nitrogens with zero attached hydrogens (tertiary/aromatic N) is 5. The van der Waals surface area contributed by atoms with E-state index in [0.717, 1.165) is 11.3 Å². The fourth-order valence-corrected chi connectivity index (χ4v) is 3.28. The number of amides is 1. The second-order valence-electron chi connectivity index (χ2n) is 7.87. The molecular formula is C24H22N8O. The molecule has 0 fully saturated rings. The van der Waals surface area contributed by atoms with Crippen LogP contribution >= 0.6 is 0 Å². The Morgan fingerprint density at radius 1 is 0.909 bits per heavy atom. The lowest BCUT2D eigenvalue weighted by Crippen LogP contribution is -2.17. The first-order valence-corrected chi connectivity index (χ1v) is 10.2. The molecule has 0 saturated heterocycles. The molecule has 0 saturated carbocycles. The van der Waals surface area contributed by atoms with Crippen molar-refractivity contribution in [1.29, 1.82) is 5.26 Å². The molecule has 3 N–H and O–H groups in total. The van der Waals surface area contributed by atoms with Gasteiger partial charge >= 0.3 is 0 Å². The van der Waals surface area contributed by atoms with Crippen LogP contribution in [0.25, 0.3) is 11.0 Å². The Morgan fingerprint density at radius 3 is 2.30 bits per heavy atom. The van der Waals surface area contributed by atoms with Crippen LogP contribution in [-0.4, -0.2) is 32.9 Å². The standard InChI is InChI=1S/C24H22N8O/c1-24(2,12-25)16-7-4-6-15(10-16)23(33)32-18-9-5-8-17(11-18)31-22-20-19(27-14-30-22)21(26-3)29-13-28-20/h4-11,13-14H,1-3H3,(H,32,33)(H,26,28,29)(H,27,30,31). The van der Waals surface area contributed by atoms with Crippen LogP contribution in [0.4, 0.5) is 23.0 Å². The van der Waals surface area contributed by atoms with Crippen LogP contribution in [0.15, 0.2) is 61.2 Å². The molecular weight excluding hydrogens is 416 g/mol. The number of benzene rings is 2. The predicted molar refractivity (Wildman–Crippen MR) is 127 cm³/mol. The molecule has 4 aromatic rings. The van der Waals surface area contributed by atoms with Gasteiger partial charge in [-0.15, -0.1) is 0 Å². The summed E-state index contributed by atoms with van der Waals surface area (Å²) < 4.78 is 0. The van der Waals surface area contributed by atoms with Crippen molar-refractivity contribution in [2.24, 2.45) is 0 Å². The first-order chi connectivity index (χ1) is 15.9. The highest BCUT2D eigenvalue weighted by molar-refractivity contribution is 6.04. The van der Waals surface area contributed by atoms with Gasteiger partial charge in [0.1, 0.15) is 23.7 Å². The summed E-state index contributed by atoms with van der Waals surface area (Å²) in [5.41, 5.74) is 3.08. The first kappa shape index (κ1) is 21.6. The molecule has 0 aliphatic carbocycles. The van der Waals surface area contributed by atoms with Crippen LogP contribution in [0, 0.1) is 11.3 Å². The van der Waals surface area contributed by atoms with Gasteiger partial charge in [-0.25, -0.2) is 19.9 Å². The second-order valence-corrected chi connectivity index (χ2v) is 7.87. The van der Waals surface area contributed by atoms with Crippen molar-refractivity contribution in [3.05, 3.63) is 72.3 Å². The zero-order valence-electron chi connectivity index (χ0n) is 18.4. The Bertz CT molecular complexity index is 1380. The average molecular weight is 438 g/mol. The third-order valence-corrected chi connectivity index (χ3v) is 5.17. The topological polar surface area (TPSA) is 129 Å². The van der Waals surface area contributed by atoms with E-state index in [-0.39, 0.29) is 5.91 Å². The molecule has 9 heteroatoms. The molecule has 2 heterocycles. The van der Waals surface area contributed by atoms with E-state index in [1.807, 2.05) is 32.0 Å². The van der Waals surface area contributed by atoms with E-state index in [0.29, 0.717) is 33.9 Å². The van der Waals surface area contributed by atoms with Crippen LogP contribution in [0.3, 0.4) is 0 Å². The highest BCUT2D eigenvalue weighted by Gasteiger charge is 2.21. The molecule has 0 aliphatic rings. The van der Waals surface area contributed by atoms with E-state index in [1.165, 1.54) is 12.7 Å². The van der Waals surface area contributed by atoms with E-state index in [1.54, 1.807) is 37.4 Å². The monoisotopic (exact) mass is 438 g/mol. The quantitative estimate of drug-likeness (QED) is 0.407. The molecule has 9 nitrogen and oxygen atoms in total. The lowest BCUT2D eigenvalue weighted by molar-refractivity contribution is 0.102. The van der Waals surface area contributed by atoms with Gasteiger partial charge in [-0.3, -0.25) is 4.79 Å². The Hall–Kier alpha value is -4.58. The molecule has 2 aromatic carbocycles. The largest absolute Gasteiger partial charge is 0.371 e. The summed E-state index contributed by atoms with van der Waals surface area (Å²) in [4.78, 5) is 29.9. The van der Waals surface area contributed by atoms with Gasteiger partial charge < -0.3 is 16.0 Å². The number of carbonyl (C=O) groups excluding carboxylic acids is 1. The van der Waals surface area contributed by atoms with Gasteiger partial charge in [-0.05, 0) is 49.7 Å². The maximum Gasteiger partial charge on any atom is 0.255 e. The third-order valence-electron chi connectivity index (χ3n) is 5.17. The SMILES string of the molecule is CNc1ncnc2c(Nc3cccc(NC(=O)c4cccc(C(C)(C)C#N)c4)c3)ncnc12. The number of fused-ring (bicyclic) bond motifs is 1. The van der Waals surface area contributed by atoms with E-state index < -0.39 is 5.41 Å². The molecule has 4 rings (SSSR count). The molecule has 164 valence electrons. The van der Waals surface area contributed by atoms with Crippen molar-refractivity contribution in [1.82, 2.24) is 19.9 Å². The summed E-state index contributed by atoms with van der Waals surface area (Å²) in [5, 5.41) is 18.5. The molecule has 33 heavy (non-hydrogen) atoms. The lowest BCUT2D eigenvalue weighted by atomic mass is 9.85. The molecule has 0 unspecified atom stereocenters. The highest BCUT2D eigenvalue weighted by Crippen LogP contribution is 2.26. The number of nitriles is 1. The lowest BCUT2D eigenvalue weighted by Gasteiger charge is -2.16. The fourth-order valence-electron chi connectivity index (χ4n) is 3.28. The zero-order chi connectivity index (χ0) is 23.4. The molecule has 0 atom stereocenters. The summed E-state index contributed by atoms with van der Waals surface area (Å²) in [6.45, 7) is 3.64. The van der Waals surface area contributed by atoms with Crippen molar-refractivity contribution in [2.45, 2.75) is 19.3 Å². The van der Waals surface area contributed by atoms with Crippen LogP contribution in [0.5, 0.6) is 0 Å². The maximum atomic E-state index is 12.8. The van der Waals surface area contributed by atoms with Crippen molar-refractivity contribution in [3.63, 3.8) is 0 Å². The zero-order valence-corrected chi connectivity index (χ0v) is 18.4. The van der Waals surface area contributed by atoms with Gasteiger partial charge in [0.15, 0.2) is 11.6 Å². The number of hydrogen-bond donors (Lipinski definition) is 3. The molecule has 1 amide bonds. The summed E-state index contributed by atoms with van der Waals surface area (Å²) in [6.07, 6.45) is 2.89. The number of carbonyl (C=O) groups is 1. The van der Waals surface area contributed by atoms with Gasteiger partial charge in [0.2, 0.25) is 0 Å². The average Bonchev–Trinajstić information content (AvgIpc) is 2.84. The predicted octanol–water partition coefficient (Wildman–Crippen LogP) is 4.26. The number of rotatable bonds is 6. The van der Waals surface area contributed by atoms with Crippen LogP contribution in [0.2, 0.25) is 0 Å². The number of hydrogen-bond acceptors (Lipinski definition) is 8. The van der Waals surface area contributed by atoms with Crippen molar-refractivity contribution in [2.75, 3.05) is 23.0 Å². The van der Waals surface area contributed by atoms with Crippen LogP contribution in [0.1, 0.15) is 29.8 Å². The fraction of sp³-hybridized carbons (Fsp3) is 0.167. The van der Waals surface area contributed by atoms with Crippen molar-refractivity contribution >= 4 is 40.0 Å². The smallest absolute Gasteiger partial charge is 0.255 e. The highest BCUT2D eigenvalue weighted by atomic mass is 16.1.